The molecule has 0 aliphatic heterocycles. The topological polar surface area (TPSA) is 27.4 Å². The molecule has 0 aliphatic carbocycles. The van der Waals surface area contributed by atoms with E-state index in [0.29, 0.717) is 0 Å². The second-order valence-corrected chi connectivity index (χ2v) is 3.49. The van der Waals surface area contributed by atoms with Gasteiger partial charge in [-0.05, 0) is 42.0 Å². The summed E-state index contributed by atoms with van der Waals surface area (Å²) < 4.78 is 0. The number of hydrogen-bond acceptors (Lipinski definition) is 1. The summed E-state index contributed by atoms with van der Waals surface area (Å²) in [6.07, 6.45) is 2.96. The maximum Gasteiger partial charge on any atom is 0.336 e. The molecule has 0 radical (unpaired) electrons. The van der Waals surface area contributed by atoms with Gasteiger partial charge in [-0.3, -0.25) is 0 Å². The summed E-state index contributed by atoms with van der Waals surface area (Å²) in [5.41, 5.74) is 4.79. The van der Waals surface area contributed by atoms with Crippen molar-refractivity contribution in [2.45, 2.75) is 40.0 Å². The normalized spacial score (nSPS) is 9.53. The average molecular weight is 203 g/mol. The van der Waals surface area contributed by atoms with Gasteiger partial charge < -0.3 is 5.21 Å². The van der Waals surface area contributed by atoms with Gasteiger partial charge in [0.05, 0.1) is 0 Å². The van der Waals surface area contributed by atoms with Crippen molar-refractivity contribution in [3.8, 4) is 6.07 Å². The third-order valence-corrected chi connectivity index (χ3v) is 2.78. The molecule has 0 saturated heterocycles. The Morgan fingerprint density at radius 1 is 1.07 bits per heavy atom. The lowest BCUT2D eigenvalue weighted by atomic mass is 9.92. The Kier molecular flexibility index (Phi) is 4.17. The van der Waals surface area contributed by atoms with Crippen LogP contribution in [0.15, 0.2) is 12.1 Å². The van der Waals surface area contributed by atoms with E-state index in [4.69, 9.17) is 0 Å². The number of rotatable bonds is 3. The zero-order chi connectivity index (χ0) is 11.3. The van der Waals surface area contributed by atoms with Gasteiger partial charge in [-0.25, -0.2) is 0 Å². The number of nitrogens with zero attached hydrogens (tertiary/aromatic N) is 1. The van der Waals surface area contributed by atoms with Crippen molar-refractivity contribution in [3.05, 3.63) is 44.6 Å². The summed E-state index contributed by atoms with van der Waals surface area (Å²) in [7, 11) is 0. The van der Waals surface area contributed by atoms with E-state index in [1.165, 1.54) is 16.7 Å². The Labute approximate surface area is 91.3 Å². The fourth-order valence-corrected chi connectivity index (χ4v) is 2.07. The highest BCUT2D eigenvalue weighted by atomic mass is 16.4. The molecule has 2 nitrogen and oxygen atoms in total. The van der Waals surface area contributed by atoms with Gasteiger partial charge >= 0.3 is 6.07 Å². The molecule has 0 saturated carbocycles. The van der Waals surface area contributed by atoms with Crippen molar-refractivity contribution in [1.29, 1.82) is 0 Å². The molecule has 0 spiro atoms. The van der Waals surface area contributed by atoms with Crippen LogP contribution in [0.5, 0.6) is 0 Å². The maximum absolute atomic E-state index is 10.2. The molecule has 1 aromatic carbocycles. The van der Waals surface area contributed by atoms with E-state index in [1.807, 2.05) is 6.07 Å². The van der Waals surface area contributed by atoms with E-state index in [1.54, 1.807) is 0 Å². The predicted octanol–water partition coefficient (Wildman–Crippen LogP) is 3.55. The van der Waals surface area contributed by atoms with Crippen LogP contribution in [0, 0.1) is 11.3 Å². The molecule has 0 atom stereocenters. The molecule has 0 aliphatic rings. The van der Waals surface area contributed by atoms with E-state index in [0.717, 1.165) is 24.8 Å². The van der Waals surface area contributed by atoms with Gasteiger partial charge in [-0.1, -0.05) is 26.8 Å². The van der Waals surface area contributed by atoms with Crippen LogP contribution in [0.4, 0.5) is 0 Å². The van der Waals surface area contributed by atoms with Crippen LogP contribution in [0.25, 0.3) is 5.01 Å². The number of hydrogen-bond donors (Lipinski definition) is 0. The molecule has 0 aromatic heterocycles. The zero-order valence-corrected chi connectivity index (χ0v) is 9.63. The van der Waals surface area contributed by atoms with E-state index in [2.05, 4.69) is 37.9 Å². The lowest BCUT2D eigenvalue weighted by Gasteiger charge is -2.11. The first-order valence-electron chi connectivity index (χ1n) is 5.50. The Morgan fingerprint density at radius 3 is 2.20 bits per heavy atom. The zero-order valence-electron chi connectivity index (χ0n) is 9.63. The molecule has 2 heteroatoms. The standard InChI is InChI=1S/C13H17NO/c1-4-10-7-8-11(9-14-15)13(6-3)12(10)5-2/h7-8H,4-6H2,1-3H3. The monoisotopic (exact) mass is 203 g/mol. The van der Waals surface area contributed by atoms with Gasteiger partial charge in [0, 0.05) is 5.01 Å². The molecule has 1 aromatic rings. The summed E-state index contributed by atoms with van der Waals surface area (Å²) in [5.74, 6) is 0. The Morgan fingerprint density at radius 2 is 1.73 bits per heavy atom. The largest absolute Gasteiger partial charge is 0.498 e. The summed E-state index contributed by atoms with van der Waals surface area (Å²) >= 11 is 0. The third-order valence-electron chi connectivity index (χ3n) is 2.78. The minimum absolute atomic E-state index is 0.849. The maximum atomic E-state index is 10.2. The molecule has 0 N–H and O–H groups in total. The smallest absolute Gasteiger partial charge is 0.336 e. The van der Waals surface area contributed by atoms with Gasteiger partial charge in [0.1, 0.15) is 5.56 Å². The lowest BCUT2D eigenvalue weighted by molar-refractivity contribution is 0.977. The van der Waals surface area contributed by atoms with Gasteiger partial charge in [0.25, 0.3) is 0 Å². The first kappa shape index (κ1) is 11.6. The molecule has 15 heavy (non-hydrogen) atoms. The molecule has 80 valence electrons. The molecule has 0 bridgehead atoms. The highest BCUT2D eigenvalue weighted by molar-refractivity contribution is 5.48. The van der Waals surface area contributed by atoms with Crippen molar-refractivity contribution < 1.29 is 0 Å². The molecule has 0 fully saturated rings. The second-order valence-electron chi connectivity index (χ2n) is 3.49. The molecule has 1 rings (SSSR count). The van der Waals surface area contributed by atoms with Gasteiger partial charge in [-0.2, -0.15) is 0 Å². The number of aryl methyl sites for hydroxylation is 1. The van der Waals surface area contributed by atoms with Crippen molar-refractivity contribution in [2.24, 2.45) is 0 Å². The average Bonchev–Trinajstić information content (AvgIpc) is 2.28. The fraction of sp³-hybridized carbons (Fsp3) is 0.462. The minimum atomic E-state index is 0.849. The van der Waals surface area contributed by atoms with Crippen molar-refractivity contribution in [2.75, 3.05) is 0 Å². The summed E-state index contributed by atoms with van der Waals surface area (Å²) in [6.45, 7) is 6.40. The van der Waals surface area contributed by atoms with E-state index in [9.17, 15) is 5.21 Å². The van der Waals surface area contributed by atoms with Crippen LogP contribution in [-0.4, -0.2) is 0 Å². The summed E-state index contributed by atoms with van der Waals surface area (Å²) in [5, 5.41) is 13.0. The molecule has 0 heterocycles. The van der Waals surface area contributed by atoms with E-state index < -0.39 is 0 Å². The van der Waals surface area contributed by atoms with E-state index >= 15 is 0 Å². The Balaban J connectivity index is 3.38. The quantitative estimate of drug-likeness (QED) is 0.690. The summed E-state index contributed by atoms with van der Waals surface area (Å²) in [4.78, 5) is 0. The lowest BCUT2D eigenvalue weighted by Crippen LogP contribution is -2.00. The van der Waals surface area contributed by atoms with Crippen LogP contribution >= 0.6 is 0 Å². The van der Waals surface area contributed by atoms with Gasteiger partial charge in [0.2, 0.25) is 0 Å². The Bertz CT molecular complexity index is 399. The highest BCUT2D eigenvalue weighted by Crippen LogP contribution is 2.21. The highest BCUT2D eigenvalue weighted by Gasteiger charge is 2.11. The van der Waals surface area contributed by atoms with Gasteiger partial charge in [0.15, 0.2) is 0 Å². The first-order chi connectivity index (χ1) is 7.28. The molecular weight excluding hydrogens is 186 g/mol. The van der Waals surface area contributed by atoms with Crippen LogP contribution in [0.2, 0.25) is 0 Å². The number of benzene rings is 1. The predicted molar refractivity (Wildman–Crippen MR) is 64.3 cm³/mol. The first-order valence-corrected chi connectivity index (χ1v) is 5.50. The molecule has 0 unspecified atom stereocenters. The van der Waals surface area contributed by atoms with Crippen molar-refractivity contribution in [3.63, 3.8) is 0 Å². The second kappa shape index (κ2) is 5.41. The van der Waals surface area contributed by atoms with Crippen LogP contribution in [0.1, 0.15) is 43.0 Å². The third kappa shape index (κ3) is 2.30. The van der Waals surface area contributed by atoms with Crippen LogP contribution in [-0.2, 0) is 19.3 Å². The van der Waals surface area contributed by atoms with Crippen LogP contribution < -0.4 is 0 Å². The van der Waals surface area contributed by atoms with Crippen LogP contribution in [0.3, 0.4) is 0 Å². The molecule has 0 amide bonds. The Hall–Kier alpha value is -1.49. The van der Waals surface area contributed by atoms with Crippen molar-refractivity contribution >= 4 is 0 Å². The minimum Gasteiger partial charge on any atom is -0.498 e. The molecular formula is C13H17NO. The summed E-state index contributed by atoms with van der Waals surface area (Å²) in [6, 6.07) is 6.54. The SMILES string of the molecule is CCc1ccc(C#[N+][O-])c(CC)c1CC. The fourth-order valence-electron chi connectivity index (χ4n) is 2.07. The van der Waals surface area contributed by atoms with Gasteiger partial charge in [-0.15, -0.1) is 0 Å². The van der Waals surface area contributed by atoms with E-state index in [-0.39, 0.29) is 0 Å². The van der Waals surface area contributed by atoms with Crippen molar-refractivity contribution in [1.82, 2.24) is 0 Å².